The summed E-state index contributed by atoms with van der Waals surface area (Å²) in [5.41, 5.74) is 3.19. The van der Waals surface area contributed by atoms with Crippen LogP contribution < -0.4 is 19.6 Å². The van der Waals surface area contributed by atoms with E-state index in [0.717, 1.165) is 11.1 Å². The molecule has 1 aromatic heterocycles. The summed E-state index contributed by atoms with van der Waals surface area (Å²) in [6, 6.07) is 10.6. The maximum Gasteiger partial charge on any atom is 0.338 e. The summed E-state index contributed by atoms with van der Waals surface area (Å²) < 4.78 is 13.9. The first-order valence-electron chi connectivity index (χ1n) is 11.1. The molecule has 1 atom stereocenters. The van der Waals surface area contributed by atoms with Crippen molar-refractivity contribution in [3.05, 3.63) is 93.5 Å². The van der Waals surface area contributed by atoms with Crippen molar-refractivity contribution in [1.82, 2.24) is 4.57 Å². The monoisotopic (exact) mass is 574 g/mol. The van der Waals surface area contributed by atoms with E-state index in [9.17, 15) is 9.59 Å². The minimum absolute atomic E-state index is 0.227. The van der Waals surface area contributed by atoms with E-state index in [1.54, 1.807) is 36.6 Å². The molecule has 0 fully saturated rings. The van der Waals surface area contributed by atoms with Gasteiger partial charge in [-0.1, -0.05) is 52.8 Å². The molecule has 0 saturated carbocycles. The van der Waals surface area contributed by atoms with Crippen molar-refractivity contribution in [2.45, 2.75) is 33.7 Å². The second-order valence-electron chi connectivity index (χ2n) is 7.95. The molecule has 6 nitrogen and oxygen atoms in total. The number of ether oxygens (including phenoxy) is 2. The lowest BCUT2D eigenvalue weighted by Crippen LogP contribution is -2.39. The fraction of sp³-hybridized carbons (Fsp3) is 0.269. The van der Waals surface area contributed by atoms with E-state index in [1.165, 1.54) is 11.3 Å². The topological polar surface area (TPSA) is 69.9 Å². The van der Waals surface area contributed by atoms with Gasteiger partial charge in [0.2, 0.25) is 0 Å². The first-order valence-corrected chi connectivity index (χ1v) is 13.1. The fourth-order valence-electron chi connectivity index (χ4n) is 3.98. The van der Waals surface area contributed by atoms with Gasteiger partial charge in [-0.25, -0.2) is 9.79 Å². The van der Waals surface area contributed by atoms with Gasteiger partial charge in [0, 0.05) is 10.6 Å². The Morgan fingerprint density at radius 2 is 1.91 bits per heavy atom. The normalized spacial score (nSPS) is 15.6. The highest BCUT2D eigenvalue weighted by atomic mass is 79.9. The number of rotatable bonds is 6. The summed E-state index contributed by atoms with van der Waals surface area (Å²) in [5.74, 6) is 0.118. The van der Waals surface area contributed by atoms with Crippen molar-refractivity contribution >= 4 is 50.9 Å². The molecule has 0 saturated heterocycles. The van der Waals surface area contributed by atoms with Crippen molar-refractivity contribution in [3.8, 4) is 5.75 Å². The molecule has 2 aromatic carbocycles. The van der Waals surface area contributed by atoms with E-state index in [2.05, 4.69) is 20.9 Å². The zero-order valence-electron chi connectivity index (χ0n) is 19.7. The molecule has 9 heteroatoms. The number of aromatic nitrogens is 1. The minimum atomic E-state index is -0.648. The maximum absolute atomic E-state index is 13.8. The molecule has 182 valence electrons. The zero-order chi connectivity index (χ0) is 25.3. The van der Waals surface area contributed by atoms with Gasteiger partial charge in [0.25, 0.3) is 5.56 Å². The molecule has 2 heterocycles. The summed E-state index contributed by atoms with van der Waals surface area (Å²) in [6.07, 6.45) is 1.75. The summed E-state index contributed by atoms with van der Waals surface area (Å²) in [4.78, 5) is 31.9. The number of esters is 1. The van der Waals surface area contributed by atoms with Crippen molar-refractivity contribution in [2.75, 3.05) is 13.2 Å². The van der Waals surface area contributed by atoms with Gasteiger partial charge < -0.3 is 9.47 Å². The van der Waals surface area contributed by atoms with Crippen LogP contribution in [0.3, 0.4) is 0 Å². The number of halogens is 2. The summed E-state index contributed by atoms with van der Waals surface area (Å²) in [6.45, 7) is 8.08. The lowest BCUT2D eigenvalue weighted by molar-refractivity contribution is -0.139. The smallest absolute Gasteiger partial charge is 0.338 e. The Kier molecular flexibility index (Phi) is 7.64. The largest absolute Gasteiger partial charge is 0.492 e. The average molecular weight is 576 g/mol. The fourth-order valence-corrected chi connectivity index (χ4v) is 5.97. The van der Waals surface area contributed by atoms with Gasteiger partial charge in [0.05, 0.1) is 39.5 Å². The number of carbonyl (C=O) groups excluding carboxylic acids is 1. The van der Waals surface area contributed by atoms with E-state index >= 15 is 0 Å². The van der Waals surface area contributed by atoms with Crippen molar-refractivity contribution in [3.63, 3.8) is 0 Å². The number of fused-ring (bicyclic) bond motifs is 1. The Hall–Kier alpha value is -2.68. The van der Waals surface area contributed by atoms with E-state index in [0.29, 0.717) is 48.0 Å². The van der Waals surface area contributed by atoms with Gasteiger partial charge in [-0.15, -0.1) is 0 Å². The van der Waals surface area contributed by atoms with Crippen LogP contribution in [0, 0.1) is 6.92 Å². The third-order valence-electron chi connectivity index (χ3n) is 5.52. The van der Waals surface area contributed by atoms with Crippen LogP contribution in [0.5, 0.6) is 5.75 Å². The number of carbonyl (C=O) groups is 1. The number of benzene rings is 2. The van der Waals surface area contributed by atoms with Crippen LogP contribution in [-0.4, -0.2) is 23.8 Å². The lowest BCUT2D eigenvalue weighted by atomic mass is 9.95. The number of aryl methyl sites for hydroxylation is 1. The third kappa shape index (κ3) is 5.01. The zero-order valence-corrected chi connectivity index (χ0v) is 22.9. The molecule has 0 bridgehead atoms. The van der Waals surface area contributed by atoms with E-state index in [-0.39, 0.29) is 12.2 Å². The Morgan fingerprint density at radius 3 is 2.57 bits per heavy atom. The number of allylic oxidation sites excluding steroid dienone is 1. The Morgan fingerprint density at radius 1 is 1.20 bits per heavy atom. The van der Waals surface area contributed by atoms with Crippen LogP contribution in [0.2, 0.25) is 5.02 Å². The molecule has 0 aliphatic carbocycles. The Labute approximate surface area is 220 Å². The molecule has 0 radical (unpaired) electrons. The quantitative estimate of drug-likeness (QED) is 0.391. The molecule has 3 aromatic rings. The molecule has 0 amide bonds. The number of thiazole rings is 1. The van der Waals surface area contributed by atoms with Crippen molar-refractivity contribution in [2.24, 2.45) is 4.99 Å². The molecule has 4 rings (SSSR count). The van der Waals surface area contributed by atoms with Crippen LogP contribution in [0.15, 0.2) is 61.9 Å². The average Bonchev–Trinajstić information content (AvgIpc) is 3.10. The second kappa shape index (κ2) is 10.5. The third-order valence-corrected chi connectivity index (χ3v) is 7.31. The number of hydrogen-bond acceptors (Lipinski definition) is 6. The van der Waals surface area contributed by atoms with E-state index in [4.69, 9.17) is 21.1 Å². The minimum Gasteiger partial charge on any atom is -0.492 e. The standard InChI is InChI=1S/C26H24BrClN2O4S/c1-5-33-23-17(11-18(28)13-19(23)27)12-20-24(31)30-22(16-9-7-14(3)8-10-16)21(25(32)34-6-2)15(4)29-26(30)35-20/h7-13,22H,5-6H2,1-4H3/b20-12-/t22-/m0/s1. The molecule has 1 aliphatic rings. The second-order valence-corrected chi connectivity index (χ2v) is 10.3. The molecule has 35 heavy (non-hydrogen) atoms. The molecular weight excluding hydrogens is 552 g/mol. The van der Waals surface area contributed by atoms with Gasteiger partial charge in [0.15, 0.2) is 4.80 Å². The number of nitrogens with zero attached hydrogens (tertiary/aromatic N) is 2. The van der Waals surface area contributed by atoms with Gasteiger partial charge in [0.1, 0.15) is 5.75 Å². The molecule has 0 spiro atoms. The summed E-state index contributed by atoms with van der Waals surface area (Å²) in [5, 5.41) is 0.511. The molecule has 0 N–H and O–H groups in total. The van der Waals surface area contributed by atoms with E-state index < -0.39 is 12.0 Å². The van der Waals surface area contributed by atoms with Crippen LogP contribution in [0.25, 0.3) is 6.08 Å². The Bertz CT molecular complexity index is 1510. The predicted octanol–water partition coefficient (Wildman–Crippen LogP) is 4.92. The first kappa shape index (κ1) is 25.4. The predicted molar refractivity (Wildman–Crippen MR) is 142 cm³/mol. The maximum atomic E-state index is 13.8. The highest BCUT2D eigenvalue weighted by Gasteiger charge is 2.33. The van der Waals surface area contributed by atoms with Crippen LogP contribution in [0.1, 0.15) is 43.5 Å². The van der Waals surface area contributed by atoms with Gasteiger partial charge in [-0.05, 0) is 67.4 Å². The van der Waals surface area contributed by atoms with E-state index in [1.807, 2.05) is 38.1 Å². The van der Waals surface area contributed by atoms with Crippen LogP contribution >= 0.6 is 38.9 Å². The van der Waals surface area contributed by atoms with Gasteiger partial charge in [-0.3, -0.25) is 9.36 Å². The van der Waals surface area contributed by atoms with Crippen molar-refractivity contribution in [1.29, 1.82) is 0 Å². The SMILES string of the molecule is CCOC(=O)C1=C(C)N=c2s/c(=C\c3cc(Cl)cc(Br)c3OCC)c(=O)n2[C@H]1c1ccc(C)cc1. The van der Waals surface area contributed by atoms with Gasteiger partial charge in [-0.2, -0.15) is 0 Å². The van der Waals surface area contributed by atoms with Crippen molar-refractivity contribution < 1.29 is 14.3 Å². The molecule has 0 unspecified atom stereocenters. The highest BCUT2D eigenvalue weighted by Crippen LogP contribution is 2.34. The molecular formula is C26H24BrClN2O4S. The molecule has 1 aliphatic heterocycles. The first-order chi connectivity index (χ1) is 16.7. The van der Waals surface area contributed by atoms with Gasteiger partial charge >= 0.3 is 5.97 Å². The number of hydrogen-bond donors (Lipinski definition) is 0. The highest BCUT2D eigenvalue weighted by molar-refractivity contribution is 9.10. The summed E-state index contributed by atoms with van der Waals surface area (Å²) >= 11 is 11.0. The summed E-state index contributed by atoms with van der Waals surface area (Å²) in [7, 11) is 0. The van der Waals surface area contributed by atoms with Crippen LogP contribution in [0.4, 0.5) is 0 Å². The Balaban J connectivity index is 1.97. The van der Waals surface area contributed by atoms with Crippen LogP contribution in [-0.2, 0) is 9.53 Å². The lowest BCUT2D eigenvalue weighted by Gasteiger charge is -2.24.